The third-order valence-corrected chi connectivity index (χ3v) is 8.56. The molecule has 2 aliphatic rings. The molecule has 0 N–H and O–H groups in total. The Kier molecular flexibility index (Phi) is 7.15. The van der Waals surface area contributed by atoms with Gasteiger partial charge in [-0.15, -0.1) is 0 Å². The number of benzene rings is 2. The summed E-state index contributed by atoms with van der Waals surface area (Å²) >= 11 is 12.5. The predicted octanol–water partition coefficient (Wildman–Crippen LogP) is 4.83. The zero-order valence-corrected chi connectivity index (χ0v) is 20.4. The Labute approximate surface area is 200 Å². The summed E-state index contributed by atoms with van der Waals surface area (Å²) in [6.07, 6.45) is 6.41. The van der Waals surface area contributed by atoms with Crippen molar-refractivity contribution in [3.8, 4) is 0 Å². The number of likely N-dealkylation sites (tertiary alicyclic amines) is 1. The Bertz CT molecular complexity index is 1050. The number of hydrogen-bond donors (Lipinski definition) is 0. The maximum atomic E-state index is 12.9. The lowest BCUT2D eigenvalue weighted by molar-refractivity contribution is 0.0234. The van der Waals surface area contributed by atoms with E-state index in [4.69, 9.17) is 23.4 Å². The van der Waals surface area contributed by atoms with Crippen LogP contribution in [0.25, 0.3) is 0 Å². The number of piperidine rings is 1. The van der Waals surface area contributed by atoms with Crippen LogP contribution in [-0.4, -0.2) is 55.1 Å². The van der Waals surface area contributed by atoms with E-state index in [1.165, 1.54) is 34.2 Å². The van der Waals surface area contributed by atoms with Gasteiger partial charge in [0.25, 0.3) is 5.91 Å². The van der Waals surface area contributed by atoms with Crippen molar-refractivity contribution in [2.75, 3.05) is 19.3 Å². The van der Waals surface area contributed by atoms with Crippen LogP contribution in [-0.2, 0) is 16.3 Å². The van der Waals surface area contributed by atoms with Crippen LogP contribution in [0.1, 0.15) is 41.6 Å². The van der Waals surface area contributed by atoms with Crippen molar-refractivity contribution in [1.29, 1.82) is 0 Å². The largest absolute Gasteiger partial charge is 0.298 e. The minimum absolute atomic E-state index is 0.0217. The summed E-state index contributed by atoms with van der Waals surface area (Å²) in [5.41, 5.74) is 1.73. The van der Waals surface area contributed by atoms with Crippen LogP contribution >= 0.6 is 23.4 Å². The van der Waals surface area contributed by atoms with Crippen molar-refractivity contribution in [2.24, 2.45) is 5.92 Å². The van der Waals surface area contributed by atoms with Gasteiger partial charge in [0.15, 0.2) is 9.84 Å². The van der Waals surface area contributed by atoms with Gasteiger partial charge >= 0.3 is 0 Å². The molecule has 0 unspecified atom stereocenters. The molecule has 0 spiro atoms. The molecule has 1 heterocycles. The molecule has 5 nitrogen and oxygen atoms in total. The van der Waals surface area contributed by atoms with Gasteiger partial charge in [-0.25, -0.2) is 12.8 Å². The Hall–Kier alpha value is -1.60. The summed E-state index contributed by atoms with van der Waals surface area (Å²) < 4.78 is 24.6. The van der Waals surface area contributed by atoms with E-state index in [2.05, 4.69) is 17.0 Å². The number of carbonyl (C=O) groups is 1. The molecular weight excluding hydrogens is 467 g/mol. The number of hydrogen-bond acceptors (Lipinski definition) is 4. The second kappa shape index (κ2) is 9.72. The second-order valence-electron chi connectivity index (χ2n) is 8.93. The van der Waals surface area contributed by atoms with Gasteiger partial charge in [-0.3, -0.25) is 9.69 Å². The van der Waals surface area contributed by atoms with Gasteiger partial charge < -0.3 is 0 Å². The van der Waals surface area contributed by atoms with Crippen molar-refractivity contribution in [1.82, 2.24) is 9.32 Å². The molecule has 2 aromatic carbocycles. The Morgan fingerprint density at radius 3 is 2.16 bits per heavy atom. The van der Waals surface area contributed by atoms with Crippen LogP contribution in [0.15, 0.2) is 53.4 Å². The van der Waals surface area contributed by atoms with Gasteiger partial charge in [0, 0.05) is 34.7 Å². The van der Waals surface area contributed by atoms with E-state index in [9.17, 15) is 13.2 Å². The maximum Gasteiger partial charge on any atom is 0.268 e. The summed E-state index contributed by atoms with van der Waals surface area (Å²) in [7, 11) is -3.30. The monoisotopic (exact) mass is 494 g/mol. The molecule has 1 aliphatic heterocycles. The van der Waals surface area contributed by atoms with Gasteiger partial charge in [-0.05, 0) is 93.1 Å². The van der Waals surface area contributed by atoms with Gasteiger partial charge in [0.05, 0.1) is 10.9 Å². The SMILES string of the molecule is CS(=O)(=O)c1ccc(C(=O)N(Cl)[C@@H]2CC[C@@H]2N2CCC(Cc3ccc(Cl)cc3)CC2)cc1. The first-order chi connectivity index (χ1) is 15.2. The fourth-order valence-electron chi connectivity index (χ4n) is 4.72. The first-order valence-corrected chi connectivity index (χ1v) is 13.6. The summed E-state index contributed by atoms with van der Waals surface area (Å²) in [6, 6.07) is 14.3. The van der Waals surface area contributed by atoms with Crippen LogP contribution < -0.4 is 0 Å². The summed E-state index contributed by atoms with van der Waals surface area (Å²) in [6.45, 7) is 2.03. The fraction of sp³-hybridized carbons (Fsp3) is 0.458. The molecule has 8 heteroatoms. The highest BCUT2D eigenvalue weighted by Gasteiger charge is 2.42. The average molecular weight is 495 g/mol. The van der Waals surface area contributed by atoms with E-state index < -0.39 is 9.84 Å². The number of halogens is 2. The van der Waals surface area contributed by atoms with E-state index in [-0.39, 0.29) is 22.9 Å². The molecule has 0 bridgehead atoms. The third kappa shape index (κ3) is 5.30. The molecule has 4 rings (SSSR count). The van der Waals surface area contributed by atoms with Crippen LogP contribution in [0, 0.1) is 5.92 Å². The number of nitrogens with zero attached hydrogens (tertiary/aromatic N) is 2. The number of rotatable bonds is 6. The highest BCUT2D eigenvalue weighted by molar-refractivity contribution is 7.90. The lowest BCUT2D eigenvalue weighted by Crippen LogP contribution is -2.58. The Balaban J connectivity index is 1.31. The highest BCUT2D eigenvalue weighted by atomic mass is 35.5. The second-order valence-corrected chi connectivity index (χ2v) is 11.8. The van der Waals surface area contributed by atoms with Crippen LogP contribution in [0.5, 0.6) is 0 Å². The lowest BCUT2D eigenvalue weighted by atomic mass is 9.82. The predicted molar refractivity (Wildman–Crippen MR) is 128 cm³/mol. The molecule has 1 amide bonds. The maximum absolute atomic E-state index is 12.9. The first kappa shape index (κ1) is 23.6. The van der Waals surface area contributed by atoms with Crippen LogP contribution in [0.3, 0.4) is 0 Å². The van der Waals surface area contributed by atoms with Crippen molar-refractivity contribution in [2.45, 2.75) is 49.1 Å². The zero-order chi connectivity index (χ0) is 22.9. The molecule has 0 aromatic heterocycles. The molecule has 2 aromatic rings. The standard InChI is InChI=1S/C24H28Cl2N2O3S/c1-32(30,31)21-8-4-19(5-9-21)24(29)28(26)23-11-10-22(23)27-14-12-18(13-15-27)16-17-2-6-20(25)7-3-17/h2-9,18,22-23H,10-16H2,1H3/t22-,23+/m0/s1. The van der Waals surface area contributed by atoms with E-state index in [1.807, 2.05) is 12.1 Å². The van der Waals surface area contributed by atoms with Crippen molar-refractivity contribution >= 4 is 39.1 Å². The minimum Gasteiger partial charge on any atom is -0.298 e. The molecule has 2 fully saturated rings. The quantitative estimate of drug-likeness (QED) is 0.539. The Morgan fingerprint density at radius 2 is 1.62 bits per heavy atom. The van der Waals surface area contributed by atoms with E-state index in [0.717, 1.165) is 56.5 Å². The lowest BCUT2D eigenvalue weighted by Gasteiger charge is -2.49. The van der Waals surface area contributed by atoms with Crippen molar-refractivity contribution in [3.63, 3.8) is 0 Å². The number of carbonyl (C=O) groups excluding carboxylic acids is 1. The zero-order valence-electron chi connectivity index (χ0n) is 18.1. The topological polar surface area (TPSA) is 57.7 Å². The number of sulfone groups is 1. The Morgan fingerprint density at radius 1 is 1.00 bits per heavy atom. The summed E-state index contributed by atoms with van der Waals surface area (Å²) in [5.74, 6) is 0.382. The highest BCUT2D eigenvalue weighted by Crippen LogP contribution is 2.35. The minimum atomic E-state index is -3.30. The molecule has 1 aliphatic carbocycles. The van der Waals surface area contributed by atoms with Gasteiger partial charge in [0.2, 0.25) is 0 Å². The summed E-state index contributed by atoms with van der Waals surface area (Å²) in [5, 5.41) is 0.770. The fourth-order valence-corrected chi connectivity index (χ4v) is 5.80. The van der Waals surface area contributed by atoms with E-state index >= 15 is 0 Å². The average Bonchev–Trinajstić information content (AvgIpc) is 2.75. The molecule has 1 saturated carbocycles. The van der Waals surface area contributed by atoms with Gasteiger partial charge in [-0.2, -0.15) is 0 Å². The smallest absolute Gasteiger partial charge is 0.268 e. The van der Waals surface area contributed by atoms with Crippen LogP contribution in [0.4, 0.5) is 0 Å². The molecule has 1 saturated heterocycles. The summed E-state index contributed by atoms with van der Waals surface area (Å²) in [4.78, 5) is 15.5. The normalized spacial score (nSPS) is 22.3. The van der Waals surface area contributed by atoms with Gasteiger partial charge in [0.1, 0.15) is 0 Å². The van der Waals surface area contributed by atoms with Crippen LogP contribution in [0.2, 0.25) is 5.02 Å². The van der Waals surface area contributed by atoms with E-state index in [0.29, 0.717) is 11.5 Å². The molecule has 0 radical (unpaired) electrons. The third-order valence-electron chi connectivity index (χ3n) is 6.77. The number of amides is 1. The van der Waals surface area contributed by atoms with Crippen molar-refractivity contribution in [3.05, 3.63) is 64.7 Å². The molecule has 2 atom stereocenters. The first-order valence-electron chi connectivity index (χ1n) is 11.0. The van der Waals surface area contributed by atoms with Crippen molar-refractivity contribution < 1.29 is 13.2 Å². The molecule has 32 heavy (non-hydrogen) atoms. The molecule has 172 valence electrons. The van der Waals surface area contributed by atoms with Gasteiger partial charge in [-0.1, -0.05) is 23.7 Å². The van der Waals surface area contributed by atoms with E-state index in [1.54, 1.807) is 0 Å². The molecular formula is C24H28Cl2N2O3S.